The molecule has 6 nitrogen and oxygen atoms in total. The minimum atomic E-state index is -1.88. The number of hydrogen-bond donors (Lipinski definition) is 1. The summed E-state index contributed by atoms with van der Waals surface area (Å²) >= 11 is 0. The van der Waals surface area contributed by atoms with E-state index in [-0.39, 0.29) is 25.6 Å². The standard InChI is InChI=1S/C16H25NO5/c1-6-21-14(19)16(17-13(5)18,15(20)22-7-2)11-9-8-10-12(3)4/h9-10,12H,6-7,11H2,1-5H3,(H,17,18). The summed E-state index contributed by atoms with van der Waals surface area (Å²) in [7, 11) is 0. The second-order valence-electron chi connectivity index (χ2n) is 5.01. The molecule has 0 heterocycles. The van der Waals surface area contributed by atoms with Crippen LogP contribution in [0.15, 0.2) is 17.9 Å². The number of esters is 2. The number of nitrogens with one attached hydrogen (secondary N) is 1. The van der Waals surface area contributed by atoms with Gasteiger partial charge in [0.2, 0.25) is 11.4 Å². The summed E-state index contributed by atoms with van der Waals surface area (Å²) in [6.07, 6.45) is 3.21. The van der Waals surface area contributed by atoms with Crippen LogP contribution in [-0.2, 0) is 23.9 Å². The first kappa shape index (κ1) is 19.9. The van der Waals surface area contributed by atoms with Crippen LogP contribution in [-0.4, -0.2) is 36.6 Å². The lowest BCUT2D eigenvalue weighted by Crippen LogP contribution is -2.60. The molecule has 0 saturated heterocycles. The molecule has 1 amide bonds. The molecule has 6 heteroatoms. The molecule has 0 aliphatic rings. The monoisotopic (exact) mass is 311 g/mol. The number of rotatable bonds is 8. The number of carbonyl (C=O) groups is 3. The van der Waals surface area contributed by atoms with E-state index in [1.807, 2.05) is 13.8 Å². The van der Waals surface area contributed by atoms with Crippen LogP contribution in [0.5, 0.6) is 0 Å². The van der Waals surface area contributed by atoms with Gasteiger partial charge < -0.3 is 14.8 Å². The maximum absolute atomic E-state index is 12.2. The molecule has 0 bridgehead atoms. The maximum Gasteiger partial charge on any atom is 0.344 e. The smallest absolute Gasteiger partial charge is 0.344 e. The zero-order valence-corrected chi connectivity index (χ0v) is 13.9. The SMILES string of the molecule is CCOC(=O)C(CC=C=CC(C)C)(NC(C)=O)C(=O)OCC. The molecule has 0 atom stereocenters. The van der Waals surface area contributed by atoms with Crippen molar-refractivity contribution in [1.29, 1.82) is 0 Å². The molecular formula is C16H25NO5. The van der Waals surface area contributed by atoms with Gasteiger partial charge in [0.05, 0.1) is 13.2 Å². The van der Waals surface area contributed by atoms with Crippen LogP contribution in [0, 0.1) is 5.92 Å². The third-order valence-electron chi connectivity index (χ3n) is 2.59. The molecule has 0 saturated carbocycles. The predicted molar refractivity (Wildman–Crippen MR) is 81.9 cm³/mol. The van der Waals surface area contributed by atoms with E-state index in [1.54, 1.807) is 19.9 Å². The summed E-state index contributed by atoms with van der Waals surface area (Å²) in [5, 5.41) is 2.38. The van der Waals surface area contributed by atoms with E-state index in [0.29, 0.717) is 0 Å². The average Bonchev–Trinajstić information content (AvgIpc) is 2.41. The highest BCUT2D eigenvalue weighted by Gasteiger charge is 2.49. The van der Waals surface area contributed by atoms with Crippen LogP contribution in [0.2, 0.25) is 0 Å². The fraction of sp³-hybridized carbons (Fsp3) is 0.625. The van der Waals surface area contributed by atoms with Gasteiger partial charge in [0.1, 0.15) is 0 Å². The van der Waals surface area contributed by atoms with Crippen molar-refractivity contribution in [2.45, 2.75) is 46.6 Å². The third kappa shape index (κ3) is 6.14. The van der Waals surface area contributed by atoms with Crippen LogP contribution in [0.25, 0.3) is 0 Å². The van der Waals surface area contributed by atoms with Gasteiger partial charge in [-0.05, 0) is 31.9 Å². The van der Waals surface area contributed by atoms with Crippen molar-refractivity contribution in [3.8, 4) is 0 Å². The molecule has 0 fully saturated rings. The van der Waals surface area contributed by atoms with Crippen molar-refractivity contribution in [3.05, 3.63) is 17.9 Å². The van der Waals surface area contributed by atoms with Crippen LogP contribution in [0.4, 0.5) is 0 Å². The lowest BCUT2D eigenvalue weighted by Gasteiger charge is -2.28. The van der Waals surface area contributed by atoms with Gasteiger partial charge in [-0.2, -0.15) is 0 Å². The summed E-state index contributed by atoms with van der Waals surface area (Å²) in [4.78, 5) is 35.9. The molecule has 0 spiro atoms. The summed E-state index contributed by atoms with van der Waals surface area (Å²) in [6, 6.07) is 0. The second kappa shape index (κ2) is 9.79. The highest BCUT2D eigenvalue weighted by molar-refractivity contribution is 6.07. The average molecular weight is 311 g/mol. The van der Waals surface area contributed by atoms with E-state index < -0.39 is 23.4 Å². The molecule has 0 unspecified atom stereocenters. The van der Waals surface area contributed by atoms with Gasteiger partial charge >= 0.3 is 11.9 Å². The Labute approximate surface area is 131 Å². The molecule has 0 aromatic carbocycles. The van der Waals surface area contributed by atoms with E-state index in [0.717, 1.165) is 0 Å². The molecule has 124 valence electrons. The van der Waals surface area contributed by atoms with Crippen molar-refractivity contribution in [1.82, 2.24) is 5.32 Å². The van der Waals surface area contributed by atoms with Crippen molar-refractivity contribution in [3.63, 3.8) is 0 Å². The first-order valence-electron chi connectivity index (χ1n) is 7.34. The highest BCUT2D eigenvalue weighted by atomic mass is 16.6. The Kier molecular flexibility index (Phi) is 8.87. The molecule has 22 heavy (non-hydrogen) atoms. The Bertz CT molecular complexity index is 443. The van der Waals surface area contributed by atoms with Gasteiger partial charge in [0.15, 0.2) is 0 Å². The van der Waals surface area contributed by atoms with E-state index >= 15 is 0 Å². The molecule has 0 aliphatic carbocycles. The molecule has 0 rings (SSSR count). The molecule has 0 aliphatic heterocycles. The van der Waals surface area contributed by atoms with Crippen LogP contribution >= 0.6 is 0 Å². The lowest BCUT2D eigenvalue weighted by atomic mass is 9.94. The van der Waals surface area contributed by atoms with E-state index in [2.05, 4.69) is 11.0 Å². The van der Waals surface area contributed by atoms with Gasteiger partial charge in [-0.3, -0.25) is 4.79 Å². The van der Waals surface area contributed by atoms with Crippen LogP contribution < -0.4 is 5.32 Å². The second-order valence-corrected chi connectivity index (χ2v) is 5.01. The Balaban J connectivity index is 5.62. The Morgan fingerprint density at radius 1 is 1.14 bits per heavy atom. The number of amides is 1. The summed E-state index contributed by atoms with van der Waals surface area (Å²) in [5.74, 6) is -1.93. The minimum Gasteiger partial charge on any atom is -0.464 e. The van der Waals surface area contributed by atoms with Gasteiger partial charge in [-0.15, -0.1) is 5.73 Å². The Morgan fingerprint density at radius 2 is 1.64 bits per heavy atom. The largest absolute Gasteiger partial charge is 0.464 e. The number of carbonyl (C=O) groups excluding carboxylic acids is 3. The molecule has 0 aromatic rings. The zero-order valence-electron chi connectivity index (χ0n) is 13.9. The summed E-state index contributed by atoms with van der Waals surface area (Å²) in [5.41, 5.74) is 1.01. The fourth-order valence-corrected chi connectivity index (χ4v) is 1.68. The number of hydrogen-bond acceptors (Lipinski definition) is 5. The quantitative estimate of drug-likeness (QED) is 0.419. The van der Waals surface area contributed by atoms with E-state index in [9.17, 15) is 14.4 Å². The van der Waals surface area contributed by atoms with Crippen LogP contribution in [0.1, 0.15) is 41.0 Å². The first-order chi connectivity index (χ1) is 10.3. The van der Waals surface area contributed by atoms with Gasteiger partial charge in [-0.25, -0.2) is 9.59 Å². The summed E-state index contributed by atoms with van der Waals surface area (Å²) < 4.78 is 9.88. The highest BCUT2D eigenvalue weighted by Crippen LogP contribution is 2.17. The molecule has 0 radical (unpaired) electrons. The topological polar surface area (TPSA) is 81.7 Å². The van der Waals surface area contributed by atoms with Gasteiger partial charge in [-0.1, -0.05) is 13.8 Å². The van der Waals surface area contributed by atoms with E-state index in [4.69, 9.17) is 9.47 Å². The Morgan fingerprint density at radius 3 is 2.00 bits per heavy atom. The molecule has 0 aromatic heterocycles. The third-order valence-corrected chi connectivity index (χ3v) is 2.59. The van der Waals surface area contributed by atoms with E-state index in [1.165, 1.54) is 13.0 Å². The fourth-order valence-electron chi connectivity index (χ4n) is 1.68. The summed E-state index contributed by atoms with van der Waals surface area (Å²) in [6.45, 7) is 8.58. The first-order valence-corrected chi connectivity index (χ1v) is 7.34. The normalized spacial score (nSPS) is 10.5. The minimum absolute atomic E-state index is 0.0884. The van der Waals surface area contributed by atoms with Gasteiger partial charge in [0.25, 0.3) is 0 Å². The number of ether oxygens (including phenoxy) is 2. The predicted octanol–water partition coefficient (Wildman–Crippen LogP) is 1.74. The zero-order chi connectivity index (χ0) is 17.2. The van der Waals surface area contributed by atoms with Crippen LogP contribution in [0.3, 0.4) is 0 Å². The van der Waals surface area contributed by atoms with Crippen molar-refractivity contribution in [2.24, 2.45) is 5.92 Å². The Hall–Kier alpha value is -2.07. The van der Waals surface area contributed by atoms with Crippen molar-refractivity contribution < 1.29 is 23.9 Å². The maximum atomic E-state index is 12.2. The van der Waals surface area contributed by atoms with Crippen molar-refractivity contribution >= 4 is 17.8 Å². The molecular weight excluding hydrogens is 286 g/mol. The molecule has 1 N–H and O–H groups in total. The van der Waals surface area contributed by atoms with Crippen molar-refractivity contribution in [2.75, 3.05) is 13.2 Å². The lowest BCUT2D eigenvalue weighted by molar-refractivity contribution is -0.167. The van der Waals surface area contributed by atoms with Gasteiger partial charge in [0, 0.05) is 13.3 Å².